The molecule has 10 nitrogen and oxygen atoms in total. The van der Waals surface area contributed by atoms with Crippen molar-refractivity contribution < 1.29 is 14.0 Å². The summed E-state index contributed by atoms with van der Waals surface area (Å²) in [6.45, 7) is 0. The first-order chi connectivity index (χ1) is 16.4. The van der Waals surface area contributed by atoms with Crippen molar-refractivity contribution in [1.29, 1.82) is 0 Å². The summed E-state index contributed by atoms with van der Waals surface area (Å²) in [5, 5.41) is 10.4. The molecule has 34 heavy (non-hydrogen) atoms. The molecule has 0 unspecified atom stereocenters. The first-order valence-electron chi connectivity index (χ1n) is 11.7. The number of aryl methyl sites for hydroxylation is 1. The molecule has 2 amide bonds. The highest BCUT2D eigenvalue weighted by atomic mass is 16.3. The molecule has 4 saturated carbocycles. The Hall–Kier alpha value is -3.69. The zero-order valence-electron chi connectivity index (χ0n) is 19.0. The van der Waals surface area contributed by atoms with Gasteiger partial charge in [-0.15, -0.1) is 0 Å². The Bertz CT molecular complexity index is 1240. The van der Waals surface area contributed by atoms with Gasteiger partial charge in [-0.1, -0.05) is 0 Å². The summed E-state index contributed by atoms with van der Waals surface area (Å²) in [5.74, 6) is 2.39. The van der Waals surface area contributed by atoms with Crippen LogP contribution in [0.2, 0.25) is 0 Å². The van der Waals surface area contributed by atoms with Crippen LogP contribution in [0.4, 0.5) is 11.5 Å². The van der Waals surface area contributed by atoms with Crippen LogP contribution in [0.1, 0.15) is 59.5 Å². The highest BCUT2D eigenvalue weighted by molar-refractivity contribution is 6.07. The third-order valence-corrected chi connectivity index (χ3v) is 7.49. The van der Waals surface area contributed by atoms with Crippen LogP contribution in [0, 0.1) is 17.8 Å². The molecule has 176 valence electrons. The minimum atomic E-state index is -0.729. The number of nitrogens with one attached hydrogen (secondary N) is 2. The van der Waals surface area contributed by atoms with Gasteiger partial charge >= 0.3 is 0 Å². The van der Waals surface area contributed by atoms with Crippen molar-refractivity contribution in [3.63, 3.8) is 0 Å². The number of carbonyl (C=O) groups excluding carboxylic acids is 2. The van der Waals surface area contributed by atoms with E-state index >= 15 is 0 Å². The van der Waals surface area contributed by atoms with Crippen molar-refractivity contribution in [2.24, 2.45) is 30.5 Å². The first kappa shape index (κ1) is 20.9. The zero-order valence-corrected chi connectivity index (χ0v) is 19.0. The van der Waals surface area contributed by atoms with Crippen LogP contribution in [0.3, 0.4) is 0 Å². The van der Waals surface area contributed by atoms with Gasteiger partial charge < -0.3 is 20.8 Å². The van der Waals surface area contributed by atoms with Crippen LogP contribution in [0.5, 0.6) is 0 Å². The van der Waals surface area contributed by atoms with Gasteiger partial charge in [-0.25, -0.2) is 9.97 Å². The quantitative estimate of drug-likeness (QED) is 0.512. The van der Waals surface area contributed by atoms with Gasteiger partial charge in [-0.2, -0.15) is 5.10 Å². The molecule has 10 heteroatoms. The fourth-order valence-electron chi connectivity index (χ4n) is 6.63. The molecule has 0 aliphatic heterocycles. The van der Waals surface area contributed by atoms with Gasteiger partial charge in [0.05, 0.1) is 5.69 Å². The lowest BCUT2D eigenvalue weighted by atomic mass is 9.53. The maximum absolute atomic E-state index is 12.7. The predicted octanol–water partition coefficient (Wildman–Crippen LogP) is 3.20. The molecule has 7 rings (SSSR count). The Morgan fingerprint density at radius 2 is 1.88 bits per heavy atom. The number of carbonyl (C=O) groups is 2. The van der Waals surface area contributed by atoms with Crippen LogP contribution >= 0.6 is 0 Å². The predicted molar refractivity (Wildman–Crippen MR) is 124 cm³/mol. The third kappa shape index (κ3) is 3.72. The normalized spacial score (nSPS) is 27.0. The molecule has 3 heterocycles. The van der Waals surface area contributed by atoms with Crippen molar-refractivity contribution in [3.05, 3.63) is 42.2 Å². The molecular weight excluding hydrogens is 434 g/mol. The zero-order chi connectivity index (χ0) is 23.4. The standard InChI is InChI=1S/C24H27N7O3/c1-31-11-17(20(30-31)21(25)32)27-22(33)18-12-34-23(28-18)16-2-3-26-19(7-16)29-24-8-13-4-14(9-24)6-15(5-13)10-24/h2-3,7,11-15H,4-6,8-10H2,1H3,(H2,25,32)(H,26,29)(H,27,33). The first-order valence-corrected chi connectivity index (χ1v) is 11.7. The van der Waals surface area contributed by atoms with E-state index in [-0.39, 0.29) is 22.6 Å². The molecule has 3 aromatic heterocycles. The molecule has 3 aromatic rings. The molecule has 4 bridgehead atoms. The monoisotopic (exact) mass is 461 g/mol. The second-order valence-electron chi connectivity index (χ2n) is 10.2. The number of amides is 2. The third-order valence-electron chi connectivity index (χ3n) is 7.49. The fourth-order valence-corrected chi connectivity index (χ4v) is 6.63. The highest BCUT2D eigenvalue weighted by Crippen LogP contribution is 2.56. The van der Waals surface area contributed by atoms with Crippen molar-refractivity contribution in [2.45, 2.75) is 44.1 Å². The van der Waals surface area contributed by atoms with E-state index in [1.54, 1.807) is 13.2 Å². The van der Waals surface area contributed by atoms with Gasteiger partial charge in [0, 0.05) is 30.5 Å². The number of nitrogens with two attached hydrogens (primary N) is 1. The van der Waals surface area contributed by atoms with Crippen molar-refractivity contribution in [3.8, 4) is 11.5 Å². The van der Waals surface area contributed by atoms with E-state index in [0.29, 0.717) is 5.89 Å². The topological polar surface area (TPSA) is 141 Å². The molecule has 4 N–H and O–H groups in total. The Morgan fingerprint density at radius 1 is 1.18 bits per heavy atom. The summed E-state index contributed by atoms with van der Waals surface area (Å²) in [5.41, 5.74) is 6.49. The Kier molecular flexibility index (Phi) is 4.72. The van der Waals surface area contributed by atoms with Crippen LogP contribution in [0.15, 0.2) is 35.2 Å². The summed E-state index contributed by atoms with van der Waals surface area (Å²) in [6, 6.07) is 3.74. The smallest absolute Gasteiger partial charge is 0.277 e. The molecule has 4 aliphatic rings. The maximum atomic E-state index is 12.7. The van der Waals surface area contributed by atoms with Crippen molar-refractivity contribution in [1.82, 2.24) is 19.7 Å². The molecule has 4 fully saturated rings. The Labute approximate surface area is 196 Å². The van der Waals surface area contributed by atoms with E-state index < -0.39 is 11.8 Å². The van der Waals surface area contributed by atoms with Gasteiger partial charge in [0.2, 0.25) is 5.89 Å². The fraction of sp³-hybridized carbons (Fsp3) is 0.458. The molecule has 0 spiro atoms. The summed E-state index contributed by atoms with van der Waals surface area (Å²) < 4.78 is 7.00. The van der Waals surface area contributed by atoms with E-state index in [2.05, 4.69) is 25.7 Å². The number of anilines is 2. The number of nitrogens with zero attached hydrogens (tertiary/aromatic N) is 4. The van der Waals surface area contributed by atoms with Gasteiger partial charge in [-0.05, 0) is 68.4 Å². The van der Waals surface area contributed by atoms with E-state index in [9.17, 15) is 9.59 Å². The van der Waals surface area contributed by atoms with Gasteiger partial charge in [0.1, 0.15) is 12.1 Å². The van der Waals surface area contributed by atoms with Crippen LogP contribution < -0.4 is 16.4 Å². The van der Waals surface area contributed by atoms with Crippen molar-refractivity contribution >= 4 is 23.3 Å². The lowest BCUT2D eigenvalue weighted by Gasteiger charge is -2.57. The van der Waals surface area contributed by atoms with Crippen molar-refractivity contribution in [2.75, 3.05) is 10.6 Å². The van der Waals surface area contributed by atoms with Crippen LogP contribution in [-0.2, 0) is 7.05 Å². The van der Waals surface area contributed by atoms with E-state index in [0.717, 1.165) is 29.1 Å². The number of pyridine rings is 1. The molecule has 0 atom stereocenters. The maximum Gasteiger partial charge on any atom is 0.277 e. The second kappa shape index (κ2) is 7.68. The van der Waals surface area contributed by atoms with Gasteiger partial charge in [-0.3, -0.25) is 14.3 Å². The minimum Gasteiger partial charge on any atom is -0.444 e. The summed E-state index contributed by atoms with van der Waals surface area (Å²) in [7, 11) is 1.63. The van der Waals surface area contributed by atoms with E-state index in [4.69, 9.17) is 10.2 Å². The van der Waals surface area contributed by atoms with Gasteiger partial charge in [0.25, 0.3) is 11.8 Å². The van der Waals surface area contributed by atoms with E-state index in [1.807, 2.05) is 12.1 Å². The van der Waals surface area contributed by atoms with Crippen LogP contribution in [0.25, 0.3) is 11.5 Å². The number of aromatic nitrogens is 4. The SMILES string of the molecule is Cn1cc(NC(=O)c2coc(-c3ccnc(NC45CC6CC(CC(C6)C4)C5)c3)n2)c(C(N)=O)n1. The minimum absolute atomic E-state index is 0.0194. The average molecular weight is 462 g/mol. The molecule has 0 aromatic carbocycles. The van der Waals surface area contributed by atoms with Crippen LogP contribution in [-0.4, -0.2) is 37.1 Å². The van der Waals surface area contributed by atoms with Gasteiger partial charge in [0.15, 0.2) is 11.4 Å². The number of rotatable bonds is 6. The summed E-state index contributed by atoms with van der Waals surface area (Å²) in [4.78, 5) is 33.1. The number of hydrogen-bond donors (Lipinski definition) is 3. The number of primary amides is 1. The number of hydrogen-bond acceptors (Lipinski definition) is 7. The summed E-state index contributed by atoms with van der Waals surface area (Å²) >= 11 is 0. The second-order valence-corrected chi connectivity index (χ2v) is 10.2. The van der Waals surface area contributed by atoms with E-state index in [1.165, 1.54) is 55.7 Å². The lowest BCUT2D eigenvalue weighted by Crippen LogP contribution is -2.54. The number of oxazole rings is 1. The summed E-state index contributed by atoms with van der Waals surface area (Å²) in [6.07, 6.45) is 12.3. The average Bonchev–Trinajstić information content (AvgIpc) is 3.40. The largest absolute Gasteiger partial charge is 0.444 e. The Balaban J connectivity index is 1.19. The molecule has 0 radical (unpaired) electrons. The molecule has 0 saturated heterocycles. The lowest BCUT2D eigenvalue weighted by molar-refractivity contribution is 0.0105. The molecular formula is C24H27N7O3. The highest BCUT2D eigenvalue weighted by Gasteiger charge is 2.51. The Morgan fingerprint density at radius 3 is 2.56 bits per heavy atom. The molecule has 4 aliphatic carbocycles.